The van der Waals surface area contributed by atoms with Crippen LogP contribution in [0.1, 0.15) is 46.5 Å². The van der Waals surface area contributed by atoms with E-state index in [9.17, 15) is 9.90 Å². The van der Waals surface area contributed by atoms with Crippen molar-refractivity contribution < 1.29 is 14.6 Å². The number of hydrogen-bond donors (Lipinski definition) is 1. The maximum atomic E-state index is 12.3. The van der Waals surface area contributed by atoms with Crippen LogP contribution in [0.5, 0.6) is 0 Å². The SMILES string of the molecule is C=C[C@H]1C(C2CCCC2)[C@H](O)CN1C(=O)OC(C)(C)C. The molecule has 1 saturated carbocycles. The number of aliphatic hydroxyl groups excluding tert-OH is 1. The van der Waals surface area contributed by atoms with E-state index in [1.165, 1.54) is 12.8 Å². The lowest BCUT2D eigenvalue weighted by Gasteiger charge is -2.30. The van der Waals surface area contributed by atoms with Crippen LogP contribution in [0.2, 0.25) is 0 Å². The van der Waals surface area contributed by atoms with Gasteiger partial charge in [-0.15, -0.1) is 6.58 Å². The van der Waals surface area contributed by atoms with Crippen molar-refractivity contribution in [3.05, 3.63) is 12.7 Å². The van der Waals surface area contributed by atoms with Crippen LogP contribution in [0.4, 0.5) is 4.79 Å². The third kappa shape index (κ3) is 3.17. The van der Waals surface area contributed by atoms with E-state index in [0.29, 0.717) is 12.5 Å². The van der Waals surface area contributed by atoms with E-state index >= 15 is 0 Å². The third-order valence-corrected chi connectivity index (χ3v) is 4.40. The first-order chi connectivity index (χ1) is 9.33. The molecular formula is C16H27NO3. The van der Waals surface area contributed by atoms with Crippen molar-refractivity contribution in [2.75, 3.05) is 6.54 Å². The fourth-order valence-corrected chi connectivity index (χ4v) is 3.62. The van der Waals surface area contributed by atoms with E-state index in [2.05, 4.69) is 6.58 Å². The summed E-state index contributed by atoms with van der Waals surface area (Å²) >= 11 is 0. The van der Waals surface area contributed by atoms with Gasteiger partial charge < -0.3 is 9.84 Å². The van der Waals surface area contributed by atoms with Gasteiger partial charge in [-0.2, -0.15) is 0 Å². The lowest BCUT2D eigenvalue weighted by Crippen LogP contribution is -2.41. The average molecular weight is 281 g/mol. The Morgan fingerprint density at radius 1 is 1.35 bits per heavy atom. The van der Waals surface area contributed by atoms with Crippen molar-refractivity contribution in [1.82, 2.24) is 4.90 Å². The van der Waals surface area contributed by atoms with Crippen LogP contribution in [-0.4, -0.2) is 40.4 Å². The maximum absolute atomic E-state index is 12.3. The lowest BCUT2D eigenvalue weighted by molar-refractivity contribution is 0.0228. The van der Waals surface area contributed by atoms with Crippen molar-refractivity contribution in [1.29, 1.82) is 0 Å². The van der Waals surface area contributed by atoms with Crippen molar-refractivity contribution in [3.8, 4) is 0 Å². The first kappa shape index (κ1) is 15.4. The molecule has 4 heteroatoms. The summed E-state index contributed by atoms with van der Waals surface area (Å²) in [4.78, 5) is 13.9. The second-order valence-electron chi connectivity index (χ2n) is 7.05. The molecule has 0 aromatic rings. The summed E-state index contributed by atoms with van der Waals surface area (Å²) in [6.07, 6.45) is 5.73. The summed E-state index contributed by atoms with van der Waals surface area (Å²) in [5, 5.41) is 10.4. The zero-order chi connectivity index (χ0) is 14.9. The van der Waals surface area contributed by atoms with Gasteiger partial charge in [0.15, 0.2) is 0 Å². The fraction of sp³-hybridized carbons (Fsp3) is 0.812. The first-order valence-corrected chi connectivity index (χ1v) is 7.63. The largest absolute Gasteiger partial charge is 0.444 e. The van der Waals surface area contributed by atoms with E-state index in [-0.39, 0.29) is 18.1 Å². The van der Waals surface area contributed by atoms with Crippen LogP contribution in [-0.2, 0) is 4.74 Å². The molecule has 1 aliphatic heterocycles. The Morgan fingerprint density at radius 3 is 2.45 bits per heavy atom. The number of ether oxygens (including phenoxy) is 1. The second kappa shape index (κ2) is 5.76. The molecule has 0 aromatic carbocycles. The van der Waals surface area contributed by atoms with Crippen LogP contribution < -0.4 is 0 Å². The Balaban J connectivity index is 2.11. The van der Waals surface area contributed by atoms with Gasteiger partial charge in [-0.3, -0.25) is 4.90 Å². The second-order valence-corrected chi connectivity index (χ2v) is 7.05. The van der Waals surface area contributed by atoms with Gasteiger partial charge in [0.05, 0.1) is 18.7 Å². The van der Waals surface area contributed by atoms with Gasteiger partial charge >= 0.3 is 6.09 Å². The Labute approximate surface area is 121 Å². The third-order valence-electron chi connectivity index (χ3n) is 4.40. The van der Waals surface area contributed by atoms with Crippen LogP contribution in [0, 0.1) is 11.8 Å². The van der Waals surface area contributed by atoms with Gasteiger partial charge in [-0.05, 0) is 39.5 Å². The minimum Gasteiger partial charge on any atom is -0.444 e. The molecule has 0 radical (unpaired) electrons. The molecule has 0 spiro atoms. The van der Waals surface area contributed by atoms with Crippen LogP contribution in [0.15, 0.2) is 12.7 Å². The molecule has 1 heterocycles. The molecule has 20 heavy (non-hydrogen) atoms. The highest BCUT2D eigenvalue weighted by atomic mass is 16.6. The predicted octanol–water partition coefficient (Wildman–Crippen LogP) is 2.96. The summed E-state index contributed by atoms with van der Waals surface area (Å²) in [6, 6.07) is -0.108. The van der Waals surface area contributed by atoms with Gasteiger partial charge in [-0.25, -0.2) is 4.79 Å². The van der Waals surface area contributed by atoms with E-state index in [0.717, 1.165) is 12.8 Å². The normalized spacial score (nSPS) is 31.6. The van der Waals surface area contributed by atoms with Gasteiger partial charge in [0.2, 0.25) is 0 Å². The summed E-state index contributed by atoms with van der Waals surface area (Å²) in [7, 11) is 0. The minimum atomic E-state index is -0.515. The molecule has 2 aliphatic rings. The average Bonchev–Trinajstić information content (AvgIpc) is 2.92. The lowest BCUT2D eigenvalue weighted by atomic mass is 9.83. The van der Waals surface area contributed by atoms with Crippen molar-refractivity contribution in [2.24, 2.45) is 11.8 Å². The molecule has 0 aromatic heterocycles. The Bertz CT molecular complexity index is 368. The summed E-state index contributed by atoms with van der Waals surface area (Å²) in [5.41, 5.74) is -0.515. The topological polar surface area (TPSA) is 49.8 Å². The number of rotatable bonds is 2. The summed E-state index contributed by atoms with van der Waals surface area (Å²) in [5.74, 6) is 0.614. The van der Waals surface area contributed by atoms with Gasteiger partial charge in [0.1, 0.15) is 5.60 Å². The molecular weight excluding hydrogens is 254 g/mol. The zero-order valence-corrected chi connectivity index (χ0v) is 12.8. The molecule has 2 fully saturated rings. The van der Waals surface area contributed by atoms with E-state index in [1.807, 2.05) is 20.8 Å². The molecule has 4 nitrogen and oxygen atoms in total. The number of likely N-dealkylation sites (tertiary alicyclic amines) is 1. The number of carbonyl (C=O) groups is 1. The fourth-order valence-electron chi connectivity index (χ4n) is 3.62. The number of amides is 1. The minimum absolute atomic E-state index is 0.108. The van der Waals surface area contributed by atoms with Crippen molar-refractivity contribution in [2.45, 2.75) is 64.2 Å². The van der Waals surface area contributed by atoms with Gasteiger partial charge in [-0.1, -0.05) is 18.9 Å². The number of hydrogen-bond acceptors (Lipinski definition) is 3. The molecule has 1 saturated heterocycles. The van der Waals surface area contributed by atoms with Crippen LogP contribution >= 0.6 is 0 Å². The Kier molecular flexibility index (Phi) is 4.43. The monoisotopic (exact) mass is 281 g/mol. The first-order valence-electron chi connectivity index (χ1n) is 7.63. The van der Waals surface area contributed by atoms with E-state index in [4.69, 9.17) is 4.74 Å². The smallest absolute Gasteiger partial charge is 0.410 e. The highest BCUT2D eigenvalue weighted by Gasteiger charge is 2.46. The van der Waals surface area contributed by atoms with E-state index in [1.54, 1.807) is 11.0 Å². The number of carbonyl (C=O) groups excluding carboxylic acids is 1. The van der Waals surface area contributed by atoms with Gasteiger partial charge in [0, 0.05) is 5.92 Å². The molecule has 1 aliphatic carbocycles. The number of β-amino-alcohol motifs (C(OH)–C–C–N with tert-alkyl or cyclic N) is 1. The molecule has 114 valence electrons. The van der Waals surface area contributed by atoms with E-state index < -0.39 is 11.7 Å². The Hall–Kier alpha value is -1.03. The molecule has 0 bridgehead atoms. The van der Waals surface area contributed by atoms with Crippen LogP contribution in [0.25, 0.3) is 0 Å². The molecule has 1 N–H and O–H groups in total. The van der Waals surface area contributed by atoms with Crippen molar-refractivity contribution in [3.63, 3.8) is 0 Å². The zero-order valence-electron chi connectivity index (χ0n) is 12.8. The predicted molar refractivity (Wildman–Crippen MR) is 78.4 cm³/mol. The quantitative estimate of drug-likeness (QED) is 0.792. The number of aliphatic hydroxyl groups is 1. The molecule has 2 rings (SSSR count). The standard InChI is InChI=1S/C16H27NO3/c1-5-12-14(11-8-6-7-9-11)13(18)10-17(12)15(19)20-16(2,3)4/h5,11-14,18H,1,6-10H2,2-4H3/t12-,13+,14?/m0/s1. The molecule has 1 unspecified atom stereocenters. The highest BCUT2D eigenvalue weighted by Crippen LogP contribution is 2.40. The summed E-state index contributed by atoms with van der Waals surface area (Å²) in [6.45, 7) is 9.79. The van der Waals surface area contributed by atoms with Crippen LogP contribution in [0.3, 0.4) is 0 Å². The van der Waals surface area contributed by atoms with Gasteiger partial charge in [0.25, 0.3) is 0 Å². The summed E-state index contributed by atoms with van der Waals surface area (Å²) < 4.78 is 5.44. The molecule has 3 atom stereocenters. The molecule has 1 amide bonds. The highest BCUT2D eigenvalue weighted by molar-refractivity contribution is 5.69. The maximum Gasteiger partial charge on any atom is 0.410 e. The van der Waals surface area contributed by atoms with Crippen molar-refractivity contribution >= 4 is 6.09 Å². The Morgan fingerprint density at radius 2 is 1.95 bits per heavy atom. The number of nitrogens with zero attached hydrogens (tertiary/aromatic N) is 1.